The number of rotatable bonds is 5. The Morgan fingerprint density at radius 3 is 2.62 bits per heavy atom. The van der Waals surface area contributed by atoms with E-state index < -0.39 is 5.91 Å². The summed E-state index contributed by atoms with van der Waals surface area (Å²) in [5.74, 6) is -0.0772. The van der Waals surface area contributed by atoms with E-state index in [9.17, 15) is 9.59 Å². The number of carbonyl (C=O) groups excluding carboxylic acids is 2. The lowest BCUT2D eigenvalue weighted by Gasteiger charge is -2.05. The first-order valence-corrected chi connectivity index (χ1v) is 8.95. The molecule has 0 fully saturated rings. The Hall–Kier alpha value is -3.82. The maximum absolute atomic E-state index is 11.8. The van der Waals surface area contributed by atoms with E-state index in [4.69, 9.17) is 10.7 Å². The van der Waals surface area contributed by atoms with Gasteiger partial charge in [-0.25, -0.2) is 9.97 Å². The molecule has 0 atom stereocenters. The van der Waals surface area contributed by atoms with Crippen LogP contribution in [-0.2, 0) is 25.4 Å². The third-order valence-corrected chi connectivity index (χ3v) is 4.62. The Labute approximate surface area is 166 Å². The third kappa shape index (κ3) is 3.18. The molecule has 4 rings (SSSR count). The summed E-state index contributed by atoms with van der Waals surface area (Å²) in [5.41, 5.74) is 9.01. The molecule has 4 aromatic rings. The molecule has 0 saturated carbocycles. The Morgan fingerprint density at radius 1 is 1.17 bits per heavy atom. The number of fused-ring (bicyclic) bond motifs is 1. The highest BCUT2D eigenvalue weighted by molar-refractivity contribution is 5.99. The molecule has 1 amide bonds. The predicted molar refractivity (Wildman–Crippen MR) is 106 cm³/mol. The highest BCUT2D eigenvalue weighted by atomic mass is 16.1. The largest absolute Gasteiger partial charge is 0.364 e. The number of nitrogens with zero attached hydrogens (tertiary/aromatic N) is 7. The number of aromatic nitrogens is 7. The number of imidazole rings is 1. The van der Waals surface area contributed by atoms with Crippen LogP contribution in [0, 0.1) is 6.92 Å². The quantitative estimate of drug-likeness (QED) is 0.544. The first-order valence-electron chi connectivity index (χ1n) is 8.95. The smallest absolute Gasteiger partial charge is 0.267 e. The van der Waals surface area contributed by atoms with E-state index in [1.165, 1.54) is 6.92 Å². The number of primary amides is 1. The molecular weight excluding hydrogens is 372 g/mol. The standard InChI is InChI=1S/C19H20N8O2/c1-10-5-16(27(24-10)8-11(2)28)14-9-25(3)19(23-14)17-12-7-21-26(4)15(12)6-13(22-17)18(20)29/h5-7,9H,8H2,1-4H3,(H2,20,29). The Kier molecular flexibility index (Phi) is 4.26. The van der Waals surface area contributed by atoms with Crippen molar-refractivity contribution in [3.63, 3.8) is 0 Å². The second-order valence-electron chi connectivity index (χ2n) is 7.01. The number of Topliss-reactive ketones (excluding diaryl/α,β-unsaturated/α-hetero) is 1. The van der Waals surface area contributed by atoms with Crippen molar-refractivity contribution in [3.05, 3.63) is 35.9 Å². The van der Waals surface area contributed by atoms with Gasteiger partial charge in [0, 0.05) is 25.7 Å². The van der Waals surface area contributed by atoms with E-state index in [1.54, 1.807) is 28.7 Å². The Balaban J connectivity index is 1.91. The van der Waals surface area contributed by atoms with Crippen molar-refractivity contribution in [3.8, 4) is 22.9 Å². The molecular formula is C19H20N8O2. The minimum atomic E-state index is -0.626. The van der Waals surface area contributed by atoms with Gasteiger partial charge in [-0.2, -0.15) is 10.2 Å². The van der Waals surface area contributed by atoms with Crippen LogP contribution < -0.4 is 5.73 Å². The zero-order chi connectivity index (χ0) is 20.9. The van der Waals surface area contributed by atoms with Crippen LogP contribution in [0.1, 0.15) is 23.1 Å². The van der Waals surface area contributed by atoms with E-state index in [1.807, 2.05) is 30.8 Å². The average Bonchev–Trinajstić information content (AvgIpc) is 3.31. The van der Waals surface area contributed by atoms with Crippen molar-refractivity contribution in [1.29, 1.82) is 0 Å². The first kappa shape index (κ1) is 18.5. The molecule has 0 aliphatic heterocycles. The normalized spacial score (nSPS) is 11.3. The topological polar surface area (TPSA) is 127 Å². The minimum absolute atomic E-state index is 0.00148. The average molecular weight is 392 g/mol. The van der Waals surface area contributed by atoms with Crippen LogP contribution in [0.5, 0.6) is 0 Å². The Bertz CT molecular complexity index is 1280. The van der Waals surface area contributed by atoms with Crippen molar-refractivity contribution >= 4 is 22.6 Å². The number of carbonyl (C=O) groups is 2. The van der Waals surface area contributed by atoms with Crippen LogP contribution in [0.3, 0.4) is 0 Å². The van der Waals surface area contributed by atoms with Gasteiger partial charge in [-0.05, 0) is 26.0 Å². The summed E-state index contributed by atoms with van der Waals surface area (Å²) in [4.78, 5) is 32.6. The lowest BCUT2D eigenvalue weighted by Crippen LogP contribution is -2.14. The molecule has 10 nitrogen and oxygen atoms in total. The fourth-order valence-corrected chi connectivity index (χ4v) is 3.33. The van der Waals surface area contributed by atoms with Crippen LogP contribution in [0.25, 0.3) is 33.8 Å². The number of nitrogens with two attached hydrogens (primary N) is 1. The van der Waals surface area contributed by atoms with Crippen molar-refractivity contribution in [2.24, 2.45) is 19.8 Å². The number of hydrogen-bond acceptors (Lipinski definition) is 6. The van der Waals surface area contributed by atoms with Crippen LogP contribution in [-0.4, -0.2) is 45.8 Å². The zero-order valence-corrected chi connectivity index (χ0v) is 16.5. The van der Waals surface area contributed by atoms with Crippen LogP contribution >= 0.6 is 0 Å². The van der Waals surface area contributed by atoms with Gasteiger partial charge in [0.25, 0.3) is 5.91 Å². The summed E-state index contributed by atoms with van der Waals surface area (Å²) in [6, 6.07) is 3.49. The second-order valence-corrected chi connectivity index (χ2v) is 7.01. The summed E-state index contributed by atoms with van der Waals surface area (Å²) >= 11 is 0. The molecule has 148 valence electrons. The second kappa shape index (κ2) is 6.66. The maximum Gasteiger partial charge on any atom is 0.267 e. The van der Waals surface area contributed by atoms with Crippen LogP contribution in [0.2, 0.25) is 0 Å². The molecule has 29 heavy (non-hydrogen) atoms. The third-order valence-electron chi connectivity index (χ3n) is 4.62. The molecule has 0 saturated heterocycles. The van der Waals surface area contributed by atoms with Crippen LogP contribution in [0.4, 0.5) is 0 Å². The van der Waals surface area contributed by atoms with Crippen LogP contribution in [0.15, 0.2) is 24.5 Å². The van der Waals surface area contributed by atoms with Crippen molar-refractivity contribution in [1.82, 2.24) is 34.1 Å². The highest BCUT2D eigenvalue weighted by Gasteiger charge is 2.20. The molecule has 0 aliphatic carbocycles. The lowest BCUT2D eigenvalue weighted by molar-refractivity contribution is -0.117. The van der Waals surface area contributed by atoms with Gasteiger partial charge < -0.3 is 10.3 Å². The lowest BCUT2D eigenvalue weighted by atomic mass is 10.2. The van der Waals surface area contributed by atoms with Crippen molar-refractivity contribution in [2.45, 2.75) is 20.4 Å². The molecule has 4 aromatic heterocycles. The molecule has 2 N–H and O–H groups in total. The molecule has 0 radical (unpaired) electrons. The summed E-state index contributed by atoms with van der Waals surface area (Å²) in [7, 11) is 3.62. The maximum atomic E-state index is 11.8. The SMILES string of the molecule is CC(=O)Cn1nc(C)cc1-c1cn(C)c(-c2nc(C(N)=O)cc3c2cnn3C)n1. The van der Waals surface area contributed by atoms with Gasteiger partial charge >= 0.3 is 0 Å². The molecule has 10 heteroatoms. The van der Waals surface area contributed by atoms with Gasteiger partial charge in [-0.1, -0.05) is 0 Å². The number of amides is 1. The highest BCUT2D eigenvalue weighted by Crippen LogP contribution is 2.29. The summed E-state index contributed by atoms with van der Waals surface area (Å²) < 4.78 is 5.11. The number of aryl methyl sites for hydroxylation is 3. The molecule has 0 aromatic carbocycles. The van der Waals surface area contributed by atoms with Crippen molar-refractivity contribution < 1.29 is 9.59 Å². The number of pyridine rings is 1. The monoisotopic (exact) mass is 392 g/mol. The van der Waals surface area contributed by atoms with Gasteiger partial charge in [-0.15, -0.1) is 0 Å². The number of ketones is 1. The summed E-state index contributed by atoms with van der Waals surface area (Å²) in [6.45, 7) is 3.54. The van der Waals surface area contributed by atoms with Gasteiger partial charge in [0.2, 0.25) is 0 Å². The molecule has 0 spiro atoms. The van der Waals surface area contributed by atoms with Gasteiger partial charge in [0.1, 0.15) is 17.1 Å². The van der Waals surface area contributed by atoms with E-state index >= 15 is 0 Å². The summed E-state index contributed by atoms with van der Waals surface area (Å²) in [5, 5.41) is 9.40. The fourth-order valence-electron chi connectivity index (χ4n) is 3.33. The summed E-state index contributed by atoms with van der Waals surface area (Å²) in [6.07, 6.45) is 3.52. The van der Waals surface area contributed by atoms with Gasteiger partial charge in [-0.3, -0.25) is 19.0 Å². The molecule has 0 unspecified atom stereocenters. The molecule has 4 heterocycles. The van der Waals surface area contributed by atoms with E-state index in [2.05, 4.69) is 15.2 Å². The van der Waals surface area contributed by atoms with E-state index in [0.29, 0.717) is 17.2 Å². The number of hydrogen-bond donors (Lipinski definition) is 1. The first-order chi connectivity index (χ1) is 13.7. The molecule has 0 bridgehead atoms. The molecule has 0 aliphatic rings. The fraction of sp³-hybridized carbons (Fsp3) is 0.263. The van der Waals surface area contributed by atoms with E-state index in [0.717, 1.165) is 22.3 Å². The van der Waals surface area contributed by atoms with Gasteiger partial charge in [0.15, 0.2) is 11.6 Å². The van der Waals surface area contributed by atoms with E-state index in [-0.39, 0.29) is 18.0 Å². The minimum Gasteiger partial charge on any atom is -0.364 e. The zero-order valence-electron chi connectivity index (χ0n) is 16.5. The van der Waals surface area contributed by atoms with Gasteiger partial charge in [0.05, 0.1) is 29.6 Å². The van der Waals surface area contributed by atoms with Crippen molar-refractivity contribution in [2.75, 3.05) is 0 Å². The Morgan fingerprint density at radius 2 is 1.93 bits per heavy atom. The predicted octanol–water partition coefficient (Wildman–Crippen LogP) is 1.23.